The summed E-state index contributed by atoms with van der Waals surface area (Å²) in [4.78, 5) is 2.30. The molecule has 2 aromatic rings. The highest BCUT2D eigenvalue weighted by molar-refractivity contribution is 7.93. The number of fused-ring (bicyclic) bond motifs is 1. The molecule has 1 fully saturated rings. The van der Waals surface area contributed by atoms with Crippen LogP contribution in [-0.2, 0) is 21.2 Å². The number of morpholine rings is 1. The van der Waals surface area contributed by atoms with Crippen LogP contribution in [0.3, 0.4) is 0 Å². The first-order chi connectivity index (χ1) is 15.8. The summed E-state index contributed by atoms with van der Waals surface area (Å²) in [5, 5.41) is 0. The second-order valence-corrected chi connectivity index (χ2v) is 9.74. The Hall–Kier alpha value is -2.40. The molecule has 1 N–H and O–H groups in total. The van der Waals surface area contributed by atoms with E-state index in [-0.39, 0.29) is 35.5 Å². The number of halogens is 3. The normalized spacial score (nSPS) is 18.0. The summed E-state index contributed by atoms with van der Waals surface area (Å²) < 4.78 is 77.4. The zero-order valence-electron chi connectivity index (χ0n) is 17.8. The molecule has 1 atom stereocenters. The molecule has 0 amide bonds. The van der Waals surface area contributed by atoms with Crippen LogP contribution in [0.1, 0.15) is 29.2 Å². The van der Waals surface area contributed by atoms with Gasteiger partial charge in [-0.2, -0.15) is 8.78 Å². The lowest BCUT2D eigenvalue weighted by molar-refractivity contribution is -0.0498. The van der Waals surface area contributed by atoms with Gasteiger partial charge < -0.3 is 9.47 Å². The molecule has 6 nitrogen and oxygen atoms in total. The molecule has 178 valence electrons. The summed E-state index contributed by atoms with van der Waals surface area (Å²) >= 11 is 0. The number of hydrogen-bond donors (Lipinski definition) is 1. The molecule has 0 radical (unpaired) electrons. The Morgan fingerprint density at radius 2 is 1.88 bits per heavy atom. The van der Waals surface area contributed by atoms with Crippen molar-refractivity contribution in [2.45, 2.75) is 25.5 Å². The number of benzene rings is 2. The van der Waals surface area contributed by atoms with Crippen molar-refractivity contribution >= 4 is 16.1 Å². The van der Waals surface area contributed by atoms with Crippen molar-refractivity contribution in [1.82, 2.24) is 9.62 Å². The van der Waals surface area contributed by atoms with E-state index in [1.807, 2.05) is 0 Å². The van der Waals surface area contributed by atoms with Crippen molar-refractivity contribution in [2.24, 2.45) is 0 Å². The zero-order chi connectivity index (χ0) is 23.4. The number of aryl methyl sites for hydroxylation is 1. The SMILES string of the molecule is O=S(=O)(NCC(c1cccc(F)c1)N1CCOCC1)C1=Cc2ccc(OC(F)F)cc2CC1. The molecule has 4 rings (SSSR count). The van der Waals surface area contributed by atoms with E-state index in [1.165, 1.54) is 24.3 Å². The average Bonchev–Trinajstić information content (AvgIpc) is 2.79. The lowest BCUT2D eigenvalue weighted by atomic mass is 9.97. The van der Waals surface area contributed by atoms with Crippen molar-refractivity contribution in [2.75, 3.05) is 32.8 Å². The van der Waals surface area contributed by atoms with Gasteiger partial charge in [0.25, 0.3) is 0 Å². The monoisotopic (exact) mass is 482 g/mol. The Balaban J connectivity index is 1.51. The topological polar surface area (TPSA) is 67.9 Å². The maximum absolute atomic E-state index is 13.9. The highest BCUT2D eigenvalue weighted by Crippen LogP contribution is 2.30. The summed E-state index contributed by atoms with van der Waals surface area (Å²) in [6.07, 6.45) is 2.18. The Bertz CT molecular complexity index is 1120. The quantitative estimate of drug-likeness (QED) is 0.622. The highest BCUT2D eigenvalue weighted by atomic mass is 32.2. The molecular weight excluding hydrogens is 457 g/mol. The number of allylic oxidation sites excluding steroid dienone is 1. The van der Waals surface area contributed by atoms with E-state index in [0.29, 0.717) is 43.9 Å². The highest BCUT2D eigenvalue weighted by Gasteiger charge is 2.27. The molecule has 1 unspecified atom stereocenters. The van der Waals surface area contributed by atoms with Gasteiger partial charge in [0.2, 0.25) is 10.0 Å². The van der Waals surface area contributed by atoms with Crippen molar-refractivity contribution in [1.29, 1.82) is 0 Å². The third-order valence-electron chi connectivity index (χ3n) is 5.83. The smallest absolute Gasteiger partial charge is 0.387 e. The van der Waals surface area contributed by atoms with Crippen LogP contribution < -0.4 is 9.46 Å². The Morgan fingerprint density at radius 1 is 1.09 bits per heavy atom. The summed E-state index contributed by atoms with van der Waals surface area (Å²) in [7, 11) is -3.80. The molecule has 0 aromatic heterocycles. The third-order valence-corrected chi connectivity index (χ3v) is 7.39. The van der Waals surface area contributed by atoms with Gasteiger partial charge in [0.05, 0.1) is 18.1 Å². The van der Waals surface area contributed by atoms with Crippen molar-refractivity contribution in [3.05, 3.63) is 69.9 Å². The molecule has 1 heterocycles. The summed E-state index contributed by atoms with van der Waals surface area (Å²) in [5.74, 6) is -0.333. The van der Waals surface area contributed by atoms with Gasteiger partial charge in [-0.05, 0) is 59.9 Å². The second kappa shape index (κ2) is 10.3. The molecule has 1 saturated heterocycles. The minimum Gasteiger partial charge on any atom is -0.435 e. The molecule has 0 bridgehead atoms. The van der Waals surface area contributed by atoms with Crippen LogP contribution in [0.4, 0.5) is 13.2 Å². The summed E-state index contributed by atoms with van der Waals surface area (Å²) in [6, 6.07) is 10.3. The van der Waals surface area contributed by atoms with Gasteiger partial charge in [0.1, 0.15) is 11.6 Å². The van der Waals surface area contributed by atoms with Crippen LogP contribution in [0.5, 0.6) is 5.75 Å². The predicted octanol–water partition coefficient (Wildman–Crippen LogP) is 3.71. The molecule has 33 heavy (non-hydrogen) atoms. The van der Waals surface area contributed by atoms with E-state index >= 15 is 0 Å². The Labute approximate surface area is 191 Å². The number of sulfonamides is 1. The molecule has 2 aliphatic rings. The Morgan fingerprint density at radius 3 is 2.61 bits per heavy atom. The molecule has 1 aliphatic carbocycles. The first-order valence-corrected chi connectivity index (χ1v) is 12.2. The number of hydrogen-bond acceptors (Lipinski definition) is 5. The minimum atomic E-state index is -3.80. The van der Waals surface area contributed by atoms with Crippen LogP contribution >= 0.6 is 0 Å². The fourth-order valence-electron chi connectivity index (χ4n) is 4.17. The van der Waals surface area contributed by atoms with Crippen LogP contribution in [0.2, 0.25) is 0 Å². The van der Waals surface area contributed by atoms with E-state index in [4.69, 9.17) is 4.74 Å². The van der Waals surface area contributed by atoms with Gasteiger partial charge in [-0.3, -0.25) is 4.90 Å². The predicted molar refractivity (Wildman–Crippen MR) is 118 cm³/mol. The van der Waals surface area contributed by atoms with E-state index in [1.54, 1.807) is 24.3 Å². The third kappa shape index (κ3) is 5.94. The van der Waals surface area contributed by atoms with Crippen LogP contribution in [0.15, 0.2) is 47.4 Å². The average molecular weight is 483 g/mol. The maximum Gasteiger partial charge on any atom is 0.387 e. The van der Waals surface area contributed by atoms with E-state index in [0.717, 1.165) is 5.56 Å². The van der Waals surface area contributed by atoms with Gasteiger partial charge in [-0.1, -0.05) is 18.2 Å². The molecule has 10 heteroatoms. The van der Waals surface area contributed by atoms with Crippen LogP contribution in [-0.4, -0.2) is 52.8 Å². The number of nitrogens with zero attached hydrogens (tertiary/aromatic N) is 1. The van der Waals surface area contributed by atoms with Crippen molar-refractivity contribution in [3.8, 4) is 5.75 Å². The Kier molecular flexibility index (Phi) is 7.38. The van der Waals surface area contributed by atoms with Crippen molar-refractivity contribution < 1.29 is 31.1 Å². The van der Waals surface area contributed by atoms with E-state index in [9.17, 15) is 21.6 Å². The van der Waals surface area contributed by atoms with Gasteiger partial charge in [-0.25, -0.2) is 17.5 Å². The first-order valence-electron chi connectivity index (χ1n) is 10.7. The summed E-state index contributed by atoms with van der Waals surface area (Å²) in [6.45, 7) is -0.559. The minimum absolute atomic E-state index is 0.0463. The van der Waals surface area contributed by atoms with Crippen LogP contribution in [0.25, 0.3) is 6.08 Å². The number of rotatable bonds is 8. The van der Waals surface area contributed by atoms with E-state index < -0.39 is 16.6 Å². The molecule has 1 aliphatic heterocycles. The fourth-order valence-corrected chi connectivity index (χ4v) is 5.39. The maximum atomic E-state index is 13.9. The van der Waals surface area contributed by atoms with Gasteiger partial charge in [0.15, 0.2) is 0 Å². The van der Waals surface area contributed by atoms with Gasteiger partial charge in [0, 0.05) is 25.7 Å². The van der Waals surface area contributed by atoms with Gasteiger partial charge >= 0.3 is 6.61 Å². The first kappa shape index (κ1) is 23.7. The molecule has 2 aromatic carbocycles. The molecule has 0 saturated carbocycles. The standard InChI is InChI=1S/C23H25F3N2O4S/c24-19-3-1-2-18(12-19)22(28-8-10-31-11-9-28)15-27-33(29,30)21-7-5-16-13-20(32-23(25)26)6-4-17(16)14-21/h1-4,6,12-14,22-23,27H,5,7-11,15H2. The number of alkyl halides is 2. The molecule has 0 spiro atoms. The lowest BCUT2D eigenvalue weighted by Gasteiger charge is -2.35. The second-order valence-electron chi connectivity index (χ2n) is 7.92. The summed E-state index contributed by atoms with van der Waals surface area (Å²) in [5.41, 5.74) is 2.09. The molecular formula is C23H25F3N2O4S. The van der Waals surface area contributed by atoms with Gasteiger partial charge in [-0.15, -0.1) is 0 Å². The lowest BCUT2D eigenvalue weighted by Crippen LogP contribution is -2.44. The van der Waals surface area contributed by atoms with Crippen LogP contribution in [0, 0.1) is 5.82 Å². The largest absolute Gasteiger partial charge is 0.435 e. The zero-order valence-corrected chi connectivity index (χ0v) is 18.7. The number of nitrogens with one attached hydrogen (secondary N) is 1. The number of ether oxygens (including phenoxy) is 2. The van der Waals surface area contributed by atoms with Crippen molar-refractivity contribution in [3.63, 3.8) is 0 Å². The van der Waals surface area contributed by atoms with E-state index in [2.05, 4.69) is 14.4 Å². The fraction of sp³-hybridized carbons (Fsp3) is 0.391.